The highest BCUT2D eigenvalue weighted by atomic mass is 15.0. The fourth-order valence-electron chi connectivity index (χ4n) is 3.68. The second-order valence-electron chi connectivity index (χ2n) is 7.89. The maximum Gasteiger partial charge on any atom is 0.343 e. The summed E-state index contributed by atoms with van der Waals surface area (Å²) in [5.41, 5.74) is 28.7. The van der Waals surface area contributed by atoms with E-state index in [2.05, 4.69) is 57.9 Å². The highest BCUT2D eigenvalue weighted by Crippen LogP contribution is 2.16. The first-order valence-corrected chi connectivity index (χ1v) is 10.5. The minimum absolute atomic E-state index is 0.0825. The number of benzene rings is 1. The number of nitrogens with one attached hydrogen (secondary N) is 3. The lowest BCUT2D eigenvalue weighted by molar-refractivity contribution is -0.403. The van der Waals surface area contributed by atoms with Crippen molar-refractivity contribution in [3.8, 4) is 0 Å². The van der Waals surface area contributed by atoms with Crippen LogP contribution in [0.4, 0.5) is 0 Å². The van der Waals surface area contributed by atoms with Gasteiger partial charge in [-0.15, -0.1) is 0 Å². The normalized spacial score (nSPS) is 17.8. The first kappa shape index (κ1) is 22.2. The Labute approximate surface area is 183 Å². The second-order valence-corrected chi connectivity index (χ2v) is 7.89. The van der Waals surface area contributed by atoms with Gasteiger partial charge in [0.1, 0.15) is 0 Å². The molecule has 0 aromatic heterocycles. The number of hydrogen-bond donors (Lipinski definition) is 7. The third-order valence-corrected chi connectivity index (χ3v) is 5.08. The van der Waals surface area contributed by atoms with Gasteiger partial charge in [-0.1, -0.05) is 35.9 Å². The highest BCUT2D eigenvalue weighted by molar-refractivity contribution is 5.77. The number of hydrogen-bond acceptors (Lipinski definition) is 3. The molecule has 31 heavy (non-hydrogen) atoms. The molecule has 0 heterocycles. The number of nitrogens with zero attached hydrogens (tertiary/aromatic N) is 1. The molecule has 0 fully saturated rings. The van der Waals surface area contributed by atoms with E-state index in [4.69, 9.17) is 22.9 Å². The fraction of sp³-hybridized carbons (Fsp3) is 0.304. The van der Waals surface area contributed by atoms with Crippen molar-refractivity contribution < 1.29 is 4.99 Å². The van der Waals surface area contributed by atoms with Crippen molar-refractivity contribution in [1.29, 1.82) is 0 Å². The van der Waals surface area contributed by atoms with Gasteiger partial charge in [-0.25, -0.2) is 9.98 Å². The average molecular weight is 422 g/mol. The molecule has 0 radical (unpaired) electrons. The van der Waals surface area contributed by atoms with Crippen LogP contribution in [-0.4, -0.2) is 18.0 Å². The van der Waals surface area contributed by atoms with Gasteiger partial charge in [0.2, 0.25) is 0 Å². The van der Waals surface area contributed by atoms with Gasteiger partial charge in [0, 0.05) is 31.2 Å². The van der Waals surface area contributed by atoms with Gasteiger partial charge in [-0.3, -0.25) is 11.5 Å². The topological polar surface area (TPSA) is 154 Å². The summed E-state index contributed by atoms with van der Waals surface area (Å²) in [4.78, 5) is 7.05. The van der Waals surface area contributed by atoms with Crippen LogP contribution in [-0.2, 0) is 13.1 Å². The summed E-state index contributed by atoms with van der Waals surface area (Å²) in [7, 11) is 0. The molecule has 2 aliphatic carbocycles. The zero-order valence-corrected chi connectivity index (χ0v) is 18.0. The quantitative estimate of drug-likeness (QED) is 0.223. The monoisotopic (exact) mass is 421 g/mol. The Kier molecular flexibility index (Phi) is 7.50. The molecule has 0 saturated carbocycles. The van der Waals surface area contributed by atoms with E-state index in [1.165, 1.54) is 22.4 Å². The Morgan fingerprint density at radius 2 is 1.84 bits per heavy atom. The maximum absolute atomic E-state index is 5.50. The molecule has 0 saturated heterocycles. The van der Waals surface area contributed by atoms with E-state index >= 15 is 0 Å². The van der Waals surface area contributed by atoms with Crippen molar-refractivity contribution >= 4 is 11.9 Å². The zero-order chi connectivity index (χ0) is 22.2. The minimum Gasteiger partial charge on any atom is -0.384 e. The molecule has 164 valence electrons. The molecular weight excluding hydrogens is 388 g/mol. The Morgan fingerprint density at radius 1 is 1.06 bits per heavy atom. The predicted octanol–water partition coefficient (Wildman–Crippen LogP) is -0.424. The van der Waals surface area contributed by atoms with Crippen molar-refractivity contribution in [1.82, 2.24) is 10.6 Å². The van der Waals surface area contributed by atoms with Crippen LogP contribution in [0.25, 0.3) is 0 Å². The number of guanidine groups is 2. The fourth-order valence-corrected chi connectivity index (χ4v) is 3.68. The van der Waals surface area contributed by atoms with Crippen molar-refractivity contribution in [2.75, 3.05) is 0 Å². The summed E-state index contributed by atoms with van der Waals surface area (Å²) in [6.07, 6.45) is 12.8. The largest absolute Gasteiger partial charge is 0.384 e. The van der Waals surface area contributed by atoms with Crippen LogP contribution in [0, 0.1) is 6.92 Å². The standard InChI is InChI=1S/C23H32N8/c1-15-10-16(13-28-18-2-6-20(7-3-18)30-22(24)25)12-17(11-15)14-29-19-4-8-21(9-5-19)31-23(26)27/h2,4,6-8,10-12,18,28-29H,3,5,9,13-14H2,1H3,(H4,24,25,30)(H4,26,27,31)/p+1. The molecule has 1 aromatic carbocycles. The lowest BCUT2D eigenvalue weighted by Gasteiger charge is -2.18. The molecular formula is C23H33N8+. The van der Waals surface area contributed by atoms with Gasteiger partial charge in [0.05, 0.1) is 11.4 Å². The highest BCUT2D eigenvalue weighted by Gasteiger charge is 2.10. The number of aliphatic imine (C=N–C) groups is 1. The number of aryl methyl sites for hydroxylation is 1. The maximum atomic E-state index is 5.50. The Bertz CT molecular complexity index is 973. The summed E-state index contributed by atoms with van der Waals surface area (Å²) in [5.74, 6) is 0.310. The third-order valence-electron chi connectivity index (χ3n) is 5.08. The van der Waals surface area contributed by atoms with Gasteiger partial charge in [0.25, 0.3) is 0 Å². The predicted molar refractivity (Wildman–Crippen MR) is 126 cm³/mol. The lowest BCUT2D eigenvalue weighted by atomic mass is 10.0. The third kappa shape index (κ3) is 7.35. The van der Waals surface area contributed by atoms with Crippen molar-refractivity contribution in [2.24, 2.45) is 27.9 Å². The number of rotatable bonds is 8. The first-order chi connectivity index (χ1) is 14.9. The molecule has 1 unspecified atom stereocenters. The minimum atomic E-state index is 0.0825. The average Bonchev–Trinajstić information content (AvgIpc) is 2.72. The van der Waals surface area contributed by atoms with E-state index in [0.29, 0.717) is 0 Å². The Hall–Kier alpha value is -3.52. The van der Waals surface area contributed by atoms with Gasteiger partial charge < -0.3 is 22.1 Å². The molecule has 0 aliphatic heterocycles. The van der Waals surface area contributed by atoms with E-state index in [1.807, 2.05) is 18.2 Å². The Balaban J connectivity index is 1.53. The molecule has 2 aliphatic rings. The van der Waals surface area contributed by atoms with E-state index in [-0.39, 0.29) is 18.0 Å². The molecule has 0 spiro atoms. The second kappa shape index (κ2) is 10.5. The summed E-state index contributed by atoms with van der Waals surface area (Å²) in [6.45, 7) is 3.72. The van der Waals surface area contributed by atoms with Gasteiger partial charge in [-0.05, 0) is 49.1 Å². The molecule has 8 nitrogen and oxygen atoms in total. The summed E-state index contributed by atoms with van der Waals surface area (Å²) in [5, 5.41) is 7.12. The lowest BCUT2D eigenvalue weighted by Crippen LogP contribution is -2.76. The number of nitrogens with two attached hydrogens (primary N) is 4. The van der Waals surface area contributed by atoms with Gasteiger partial charge in [-0.2, -0.15) is 0 Å². The molecule has 0 amide bonds. The van der Waals surface area contributed by atoms with Crippen molar-refractivity contribution in [3.05, 3.63) is 82.4 Å². The van der Waals surface area contributed by atoms with Gasteiger partial charge >= 0.3 is 5.96 Å². The van der Waals surface area contributed by atoms with Crippen LogP contribution in [0.2, 0.25) is 0 Å². The van der Waals surface area contributed by atoms with E-state index in [0.717, 1.165) is 43.7 Å². The summed E-state index contributed by atoms with van der Waals surface area (Å²) in [6, 6.07) is 6.95. The van der Waals surface area contributed by atoms with Gasteiger partial charge in [0.15, 0.2) is 5.96 Å². The molecule has 0 bridgehead atoms. The van der Waals surface area contributed by atoms with Crippen LogP contribution in [0.15, 0.2) is 70.7 Å². The van der Waals surface area contributed by atoms with Crippen LogP contribution >= 0.6 is 0 Å². The van der Waals surface area contributed by atoms with E-state index < -0.39 is 0 Å². The van der Waals surface area contributed by atoms with Crippen molar-refractivity contribution in [3.63, 3.8) is 0 Å². The van der Waals surface area contributed by atoms with Crippen LogP contribution in [0.1, 0.15) is 36.0 Å². The van der Waals surface area contributed by atoms with E-state index in [1.54, 1.807) is 0 Å². The zero-order valence-electron chi connectivity index (χ0n) is 18.0. The first-order valence-electron chi connectivity index (χ1n) is 10.5. The summed E-state index contributed by atoms with van der Waals surface area (Å²) < 4.78 is 0. The summed E-state index contributed by atoms with van der Waals surface area (Å²) >= 11 is 0. The van der Waals surface area contributed by atoms with Crippen LogP contribution in [0.5, 0.6) is 0 Å². The number of allylic oxidation sites excluding steroid dienone is 5. The smallest absolute Gasteiger partial charge is 0.343 e. The molecule has 3 rings (SSSR count). The molecule has 1 atom stereocenters. The molecule has 11 N–H and O–H groups in total. The Morgan fingerprint density at radius 3 is 2.45 bits per heavy atom. The van der Waals surface area contributed by atoms with Crippen LogP contribution < -0.4 is 38.6 Å². The SMILES string of the molecule is Cc1cc(CNC2=CC=C([NH+]=C(N)N)CC2)cc(CNC2C=CC(N=C(N)N)=CC2)c1. The van der Waals surface area contributed by atoms with E-state index in [9.17, 15) is 0 Å². The van der Waals surface area contributed by atoms with Crippen molar-refractivity contribution in [2.45, 2.75) is 45.3 Å². The molecule has 1 aromatic rings. The molecule has 8 heteroatoms. The van der Waals surface area contributed by atoms with Crippen LogP contribution in [0.3, 0.4) is 0 Å².